The zero-order valence-electron chi connectivity index (χ0n) is 13.8. The predicted molar refractivity (Wildman–Crippen MR) is 96.2 cm³/mol. The van der Waals surface area contributed by atoms with Gasteiger partial charge in [-0.1, -0.05) is 0 Å². The molecule has 0 bridgehead atoms. The number of amides is 1. The summed E-state index contributed by atoms with van der Waals surface area (Å²) < 4.78 is 11.2. The summed E-state index contributed by atoms with van der Waals surface area (Å²) in [6.45, 7) is 2.67. The lowest BCUT2D eigenvalue weighted by atomic mass is 10.1. The van der Waals surface area contributed by atoms with Crippen molar-refractivity contribution in [2.75, 3.05) is 23.4 Å². The van der Waals surface area contributed by atoms with Crippen LogP contribution >= 0.6 is 11.8 Å². The number of aromatic nitrogens is 1. The summed E-state index contributed by atoms with van der Waals surface area (Å²) in [7, 11) is 0. The summed E-state index contributed by atoms with van der Waals surface area (Å²) in [6, 6.07) is 7.58. The number of nitrogens with zero attached hydrogens (tertiary/aromatic N) is 1. The number of thioether (sulfide) groups is 1. The van der Waals surface area contributed by atoms with Gasteiger partial charge in [0.15, 0.2) is 11.7 Å². The minimum Gasteiger partial charge on any atom is -0.441 e. The van der Waals surface area contributed by atoms with Gasteiger partial charge in [0, 0.05) is 30.5 Å². The molecule has 1 atom stereocenters. The lowest BCUT2D eigenvalue weighted by Crippen LogP contribution is -2.22. The van der Waals surface area contributed by atoms with Crippen LogP contribution in [0.2, 0.25) is 0 Å². The van der Waals surface area contributed by atoms with E-state index in [0.29, 0.717) is 17.7 Å². The van der Waals surface area contributed by atoms with Gasteiger partial charge in [0.2, 0.25) is 5.91 Å². The molecule has 0 radical (unpaired) electrons. The van der Waals surface area contributed by atoms with E-state index in [9.17, 15) is 4.79 Å². The molecule has 128 valence electrons. The molecular weight excluding hydrogens is 324 g/mol. The van der Waals surface area contributed by atoms with Crippen LogP contribution < -0.4 is 5.32 Å². The summed E-state index contributed by atoms with van der Waals surface area (Å²) in [5.41, 5.74) is 1.73. The van der Waals surface area contributed by atoms with E-state index in [1.165, 1.54) is 6.42 Å². The molecule has 0 aliphatic carbocycles. The Kier molecular flexibility index (Phi) is 5.93. The molecule has 6 heteroatoms. The van der Waals surface area contributed by atoms with Gasteiger partial charge in [0.05, 0.1) is 18.1 Å². The van der Waals surface area contributed by atoms with Gasteiger partial charge in [-0.15, -0.1) is 11.8 Å². The number of rotatable bonds is 6. The Morgan fingerprint density at radius 2 is 2.17 bits per heavy atom. The standard InChI is InChI=1S/C18H22N2O3S/c1-13-19-10-17(23-13)14-5-7-15(8-6-14)20-18(21)12-24-11-16-4-2-3-9-22-16/h5-8,10,16H,2-4,9,11-12H2,1H3,(H,20,21)/t16-/m0/s1. The average molecular weight is 346 g/mol. The number of benzene rings is 1. The third kappa shape index (κ3) is 4.85. The van der Waals surface area contributed by atoms with Crippen LogP contribution in [0.15, 0.2) is 34.9 Å². The highest BCUT2D eigenvalue weighted by atomic mass is 32.2. The van der Waals surface area contributed by atoms with Crippen molar-refractivity contribution in [1.82, 2.24) is 4.98 Å². The van der Waals surface area contributed by atoms with Crippen molar-refractivity contribution >= 4 is 23.4 Å². The minimum atomic E-state index is 0.0130. The summed E-state index contributed by atoms with van der Waals surface area (Å²) in [6.07, 6.45) is 5.50. The second kappa shape index (κ2) is 8.35. The highest BCUT2D eigenvalue weighted by molar-refractivity contribution is 8.00. The van der Waals surface area contributed by atoms with E-state index in [0.717, 1.165) is 42.2 Å². The smallest absolute Gasteiger partial charge is 0.234 e. The summed E-state index contributed by atoms with van der Waals surface area (Å²) >= 11 is 1.63. The topological polar surface area (TPSA) is 64.4 Å². The molecule has 3 rings (SSSR count). The SMILES string of the molecule is Cc1ncc(-c2ccc(NC(=O)CSC[C@@H]3CCCCO3)cc2)o1. The van der Waals surface area contributed by atoms with Crippen molar-refractivity contribution in [2.45, 2.75) is 32.3 Å². The Labute approximate surface area is 146 Å². The summed E-state index contributed by atoms with van der Waals surface area (Å²) in [5.74, 6) is 2.72. The molecule has 24 heavy (non-hydrogen) atoms. The van der Waals surface area contributed by atoms with Gasteiger partial charge in [-0.2, -0.15) is 0 Å². The maximum atomic E-state index is 12.0. The zero-order valence-corrected chi connectivity index (χ0v) is 14.6. The number of hydrogen-bond acceptors (Lipinski definition) is 5. The Morgan fingerprint density at radius 3 is 2.83 bits per heavy atom. The Balaban J connectivity index is 1.44. The van der Waals surface area contributed by atoms with E-state index < -0.39 is 0 Å². The molecule has 1 aromatic carbocycles. The maximum Gasteiger partial charge on any atom is 0.234 e. The number of carbonyl (C=O) groups is 1. The molecule has 1 aliphatic rings. The quantitative estimate of drug-likeness (QED) is 0.859. The molecule has 2 aromatic rings. The second-order valence-electron chi connectivity index (χ2n) is 5.87. The normalized spacial score (nSPS) is 17.6. The number of oxazole rings is 1. The van der Waals surface area contributed by atoms with E-state index in [-0.39, 0.29) is 5.91 Å². The van der Waals surface area contributed by atoms with Crippen molar-refractivity contribution in [3.05, 3.63) is 36.4 Å². The monoisotopic (exact) mass is 346 g/mol. The maximum absolute atomic E-state index is 12.0. The lowest BCUT2D eigenvalue weighted by Gasteiger charge is -2.21. The number of hydrogen-bond donors (Lipinski definition) is 1. The third-order valence-corrected chi connectivity index (χ3v) is 4.96. The molecular formula is C18H22N2O3S. The van der Waals surface area contributed by atoms with Crippen molar-refractivity contribution in [2.24, 2.45) is 0 Å². The van der Waals surface area contributed by atoms with Gasteiger partial charge in [-0.25, -0.2) is 4.98 Å². The van der Waals surface area contributed by atoms with Crippen LogP contribution in [-0.2, 0) is 9.53 Å². The summed E-state index contributed by atoms with van der Waals surface area (Å²) in [5, 5.41) is 2.92. The molecule has 1 aliphatic heterocycles. The number of carbonyl (C=O) groups excluding carboxylic acids is 1. The molecule has 0 unspecified atom stereocenters. The molecule has 5 nitrogen and oxygen atoms in total. The summed E-state index contributed by atoms with van der Waals surface area (Å²) in [4.78, 5) is 16.1. The van der Waals surface area contributed by atoms with E-state index in [4.69, 9.17) is 9.15 Å². The zero-order chi connectivity index (χ0) is 16.8. The Bertz CT molecular complexity index is 663. The number of anilines is 1. The first-order valence-corrected chi connectivity index (χ1v) is 9.38. The Morgan fingerprint density at radius 1 is 1.33 bits per heavy atom. The van der Waals surface area contributed by atoms with Gasteiger partial charge in [-0.3, -0.25) is 4.79 Å². The van der Waals surface area contributed by atoms with Crippen molar-refractivity contribution < 1.29 is 13.9 Å². The first kappa shape index (κ1) is 17.0. The number of aryl methyl sites for hydroxylation is 1. The first-order chi connectivity index (χ1) is 11.7. The number of ether oxygens (including phenoxy) is 1. The fourth-order valence-electron chi connectivity index (χ4n) is 2.63. The van der Waals surface area contributed by atoms with E-state index in [1.807, 2.05) is 31.2 Å². The van der Waals surface area contributed by atoms with Gasteiger partial charge in [-0.05, 0) is 43.5 Å². The van der Waals surface area contributed by atoms with Crippen molar-refractivity contribution in [3.63, 3.8) is 0 Å². The lowest BCUT2D eigenvalue weighted by molar-refractivity contribution is -0.113. The molecule has 1 saturated heterocycles. The average Bonchev–Trinajstić information content (AvgIpc) is 3.03. The van der Waals surface area contributed by atoms with Crippen LogP contribution in [-0.4, -0.2) is 35.1 Å². The third-order valence-electron chi connectivity index (χ3n) is 3.89. The van der Waals surface area contributed by atoms with Crippen LogP contribution in [0.1, 0.15) is 25.2 Å². The number of nitrogens with one attached hydrogen (secondary N) is 1. The van der Waals surface area contributed by atoms with Crippen LogP contribution in [0.4, 0.5) is 5.69 Å². The van der Waals surface area contributed by atoms with Crippen molar-refractivity contribution in [1.29, 1.82) is 0 Å². The first-order valence-electron chi connectivity index (χ1n) is 8.23. The molecule has 1 fully saturated rings. The van der Waals surface area contributed by atoms with E-state index >= 15 is 0 Å². The van der Waals surface area contributed by atoms with Crippen LogP contribution in [0.25, 0.3) is 11.3 Å². The van der Waals surface area contributed by atoms with Gasteiger partial charge in [0.1, 0.15) is 0 Å². The fraction of sp³-hybridized carbons (Fsp3) is 0.444. The van der Waals surface area contributed by atoms with Crippen LogP contribution in [0, 0.1) is 6.92 Å². The predicted octanol–water partition coefficient (Wildman–Crippen LogP) is 3.89. The largest absolute Gasteiger partial charge is 0.441 e. The molecule has 2 heterocycles. The highest BCUT2D eigenvalue weighted by Crippen LogP contribution is 2.22. The fourth-order valence-corrected chi connectivity index (χ4v) is 3.53. The van der Waals surface area contributed by atoms with Crippen molar-refractivity contribution in [3.8, 4) is 11.3 Å². The molecule has 1 N–H and O–H groups in total. The molecule has 0 spiro atoms. The van der Waals surface area contributed by atoms with E-state index in [2.05, 4.69) is 10.3 Å². The molecule has 1 aromatic heterocycles. The Hall–Kier alpha value is -1.79. The van der Waals surface area contributed by atoms with Crippen LogP contribution in [0.3, 0.4) is 0 Å². The molecule has 0 saturated carbocycles. The second-order valence-corrected chi connectivity index (χ2v) is 6.90. The minimum absolute atomic E-state index is 0.0130. The van der Waals surface area contributed by atoms with E-state index in [1.54, 1.807) is 18.0 Å². The van der Waals surface area contributed by atoms with Crippen LogP contribution in [0.5, 0.6) is 0 Å². The van der Waals surface area contributed by atoms with Gasteiger partial charge in [0.25, 0.3) is 0 Å². The molecule has 1 amide bonds. The highest BCUT2D eigenvalue weighted by Gasteiger charge is 2.14. The van der Waals surface area contributed by atoms with Gasteiger partial charge >= 0.3 is 0 Å². The van der Waals surface area contributed by atoms with Gasteiger partial charge < -0.3 is 14.5 Å².